The van der Waals surface area contributed by atoms with E-state index >= 15 is 0 Å². The van der Waals surface area contributed by atoms with Gasteiger partial charge in [0.2, 0.25) is 0 Å². The van der Waals surface area contributed by atoms with Crippen LogP contribution in [0.15, 0.2) is 12.4 Å². The van der Waals surface area contributed by atoms with Crippen molar-refractivity contribution in [3.8, 4) is 0 Å². The maximum absolute atomic E-state index is 10.5. The van der Waals surface area contributed by atoms with E-state index in [9.17, 15) is 5.11 Å². The van der Waals surface area contributed by atoms with Gasteiger partial charge in [0.25, 0.3) is 0 Å². The third-order valence-corrected chi connectivity index (χ3v) is 4.87. The maximum Gasteiger partial charge on any atom is 0.107 e. The molecule has 1 unspecified atom stereocenters. The van der Waals surface area contributed by atoms with Gasteiger partial charge < -0.3 is 10.4 Å². The van der Waals surface area contributed by atoms with Gasteiger partial charge in [-0.05, 0) is 26.2 Å². The molecule has 2 aromatic rings. The second kappa shape index (κ2) is 5.27. The number of hydrogen-bond acceptors (Lipinski definition) is 5. The van der Waals surface area contributed by atoms with Crippen molar-refractivity contribution in [2.45, 2.75) is 38.3 Å². The van der Waals surface area contributed by atoms with Crippen LogP contribution in [0.3, 0.4) is 0 Å². The summed E-state index contributed by atoms with van der Waals surface area (Å²) in [4.78, 5) is 6.09. The molecule has 6 heteroatoms. The number of aliphatic hydroxyl groups is 1. The Morgan fingerprint density at radius 3 is 3.05 bits per heavy atom. The van der Waals surface area contributed by atoms with Gasteiger partial charge in [0.15, 0.2) is 0 Å². The SMILES string of the molecule is Cn1cc(C(C)(O)CNCc2nc3c(s2)CCC3)cn1. The molecule has 0 bridgehead atoms. The van der Waals surface area contributed by atoms with Gasteiger partial charge in [-0.2, -0.15) is 5.10 Å². The summed E-state index contributed by atoms with van der Waals surface area (Å²) in [5.74, 6) is 0. The fraction of sp³-hybridized carbons (Fsp3) is 0.571. The van der Waals surface area contributed by atoms with E-state index in [1.807, 2.05) is 13.2 Å². The van der Waals surface area contributed by atoms with Crippen LogP contribution in [0, 0.1) is 0 Å². The molecule has 0 fully saturated rings. The van der Waals surface area contributed by atoms with E-state index in [1.165, 1.54) is 23.4 Å². The van der Waals surface area contributed by atoms with E-state index in [1.54, 1.807) is 29.1 Å². The Morgan fingerprint density at radius 1 is 1.50 bits per heavy atom. The highest BCUT2D eigenvalue weighted by atomic mass is 32.1. The van der Waals surface area contributed by atoms with Crippen molar-refractivity contribution in [2.24, 2.45) is 7.05 Å². The number of aryl methyl sites for hydroxylation is 3. The van der Waals surface area contributed by atoms with E-state index in [2.05, 4.69) is 15.4 Å². The molecule has 5 nitrogen and oxygen atoms in total. The lowest BCUT2D eigenvalue weighted by molar-refractivity contribution is 0.0566. The minimum Gasteiger partial charge on any atom is -0.384 e. The second-order valence-electron chi connectivity index (χ2n) is 5.61. The van der Waals surface area contributed by atoms with Gasteiger partial charge in [-0.1, -0.05) is 0 Å². The molecule has 0 aromatic carbocycles. The summed E-state index contributed by atoms with van der Waals surface area (Å²) in [6.45, 7) is 3.01. The number of nitrogens with zero attached hydrogens (tertiary/aromatic N) is 3. The van der Waals surface area contributed by atoms with E-state index in [4.69, 9.17) is 0 Å². The molecule has 108 valence electrons. The normalized spacial score (nSPS) is 17.1. The van der Waals surface area contributed by atoms with Gasteiger partial charge in [0, 0.05) is 36.8 Å². The number of nitrogens with one attached hydrogen (secondary N) is 1. The van der Waals surface area contributed by atoms with E-state index in [0.717, 1.165) is 17.0 Å². The zero-order chi connectivity index (χ0) is 14.2. The summed E-state index contributed by atoms with van der Waals surface area (Å²) >= 11 is 1.80. The number of aromatic nitrogens is 3. The first-order valence-corrected chi connectivity index (χ1v) is 7.76. The molecule has 20 heavy (non-hydrogen) atoms. The standard InChI is InChI=1S/C14H20N4OS/c1-14(19,10-6-16-18(2)8-10)9-15-7-13-17-11-4-3-5-12(11)20-13/h6,8,15,19H,3-5,7,9H2,1-2H3. The average Bonchev–Trinajstić information content (AvgIpc) is 3.03. The lowest BCUT2D eigenvalue weighted by Gasteiger charge is -2.22. The van der Waals surface area contributed by atoms with Crippen molar-refractivity contribution in [1.82, 2.24) is 20.1 Å². The second-order valence-corrected chi connectivity index (χ2v) is 6.78. The van der Waals surface area contributed by atoms with Crippen LogP contribution in [0.5, 0.6) is 0 Å². The molecule has 0 radical (unpaired) electrons. The Labute approximate surface area is 122 Å². The minimum absolute atomic E-state index is 0.489. The van der Waals surface area contributed by atoms with Gasteiger partial charge in [0.05, 0.1) is 11.9 Å². The monoisotopic (exact) mass is 292 g/mol. The van der Waals surface area contributed by atoms with Crippen LogP contribution >= 0.6 is 11.3 Å². The Balaban J connectivity index is 1.56. The first kappa shape index (κ1) is 13.7. The van der Waals surface area contributed by atoms with Crippen molar-refractivity contribution >= 4 is 11.3 Å². The summed E-state index contributed by atoms with van der Waals surface area (Å²) in [6.07, 6.45) is 7.11. The molecular formula is C14H20N4OS. The number of hydrogen-bond donors (Lipinski definition) is 2. The van der Waals surface area contributed by atoms with E-state index in [0.29, 0.717) is 13.1 Å². The molecule has 0 amide bonds. The molecule has 0 saturated heterocycles. The minimum atomic E-state index is -0.908. The zero-order valence-electron chi connectivity index (χ0n) is 11.9. The van der Waals surface area contributed by atoms with Crippen LogP contribution in [0.2, 0.25) is 0 Å². The molecule has 2 heterocycles. The molecule has 1 aliphatic carbocycles. The van der Waals surface area contributed by atoms with Crippen LogP contribution in [0.1, 0.15) is 34.5 Å². The molecule has 1 aliphatic rings. The highest BCUT2D eigenvalue weighted by Gasteiger charge is 2.24. The Morgan fingerprint density at radius 2 is 2.35 bits per heavy atom. The fourth-order valence-electron chi connectivity index (χ4n) is 2.53. The molecule has 0 spiro atoms. The van der Waals surface area contributed by atoms with Gasteiger partial charge >= 0.3 is 0 Å². The Kier molecular flexibility index (Phi) is 3.62. The molecule has 2 aromatic heterocycles. The number of thiazole rings is 1. The maximum atomic E-state index is 10.5. The lowest BCUT2D eigenvalue weighted by Crippen LogP contribution is -2.34. The van der Waals surface area contributed by atoms with E-state index < -0.39 is 5.60 Å². The molecule has 1 atom stereocenters. The van der Waals surface area contributed by atoms with Gasteiger partial charge in [-0.3, -0.25) is 4.68 Å². The summed E-state index contributed by atoms with van der Waals surface area (Å²) in [7, 11) is 1.85. The van der Waals surface area contributed by atoms with Gasteiger partial charge in [-0.25, -0.2) is 4.98 Å². The molecular weight excluding hydrogens is 272 g/mol. The van der Waals surface area contributed by atoms with E-state index in [-0.39, 0.29) is 0 Å². The highest BCUT2D eigenvalue weighted by molar-refractivity contribution is 7.11. The third-order valence-electron chi connectivity index (χ3n) is 3.71. The van der Waals surface area contributed by atoms with Crippen molar-refractivity contribution in [3.63, 3.8) is 0 Å². The molecule has 0 aliphatic heterocycles. The summed E-state index contributed by atoms with van der Waals surface area (Å²) < 4.78 is 1.70. The summed E-state index contributed by atoms with van der Waals surface area (Å²) in [5.41, 5.74) is 1.20. The molecule has 2 N–H and O–H groups in total. The third kappa shape index (κ3) is 2.77. The van der Waals surface area contributed by atoms with Crippen molar-refractivity contribution < 1.29 is 5.11 Å². The summed E-state index contributed by atoms with van der Waals surface area (Å²) in [5, 5.41) is 19.0. The first-order chi connectivity index (χ1) is 9.54. The van der Waals surface area contributed by atoms with Crippen LogP contribution in [0.4, 0.5) is 0 Å². The highest BCUT2D eigenvalue weighted by Crippen LogP contribution is 2.27. The van der Waals surface area contributed by atoms with Crippen molar-refractivity contribution in [2.75, 3.05) is 6.54 Å². The van der Waals surface area contributed by atoms with Crippen LogP contribution in [-0.2, 0) is 32.0 Å². The predicted molar refractivity (Wildman–Crippen MR) is 78.6 cm³/mol. The van der Waals surface area contributed by atoms with Gasteiger partial charge in [0.1, 0.15) is 10.6 Å². The van der Waals surface area contributed by atoms with Crippen LogP contribution in [0.25, 0.3) is 0 Å². The first-order valence-electron chi connectivity index (χ1n) is 6.94. The zero-order valence-corrected chi connectivity index (χ0v) is 12.7. The van der Waals surface area contributed by atoms with Crippen LogP contribution < -0.4 is 5.32 Å². The Bertz CT molecular complexity index is 581. The Hall–Kier alpha value is -1.24. The van der Waals surface area contributed by atoms with Crippen molar-refractivity contribution in [1.29, 1.82) is 0 Å². The predicted octanol–water partition coefficient (Wildman–Crippen LogP) is 1.36. The smallest absolute Gasteiger partial charge is 0.107 e. The van der Waals surface area contributed by atoms with Gasteiger partial charge in [-0.15, -0.1) is 11.3 Å². The van der Waals surface area contributed by atoms with Crippen LogP contribution in [-0.4, -0.2) is 26.4 Å². The molecule has 3 rings (SSSR count). The largest absolute Gasteiger partial charge is 0.384 e. The van der Waals surface area contributed by atoms with Crippen molar-refractivity contribution in [3.05, 3.63) is 33.5 Å². The topological polar surface area (TPSA) is 63.0 Å². The quantitative estimate of drug-likeness (QED) is 0.873. The average molecular weight is 292 g/mol. The lowest BCUT2D eigenvalue weighted by atomic mass is 10.00. The fourth-order valence-corrected chi connectivity index (χ4v) is 3.66. The summed E-state index contributed by atoms with van der Waals surface area (Å²) in [6, 6.07) is 0. The number of rotatable bonds is 5. The number of fused-ring (bicyclic) bond motifs is 1. The molecule has 0 saturated carbocycles.